The maximum absolute atomic E-state index is 9.36. The lowest BCUT2D eigenvalue weighted by molar-refractivity contribution is 0.0861. The van der Waals surface area contributed by atoms with E-state index in [0.717, 1.165) is 30.8 Å². The molecule has 1 aromatic rings. The highest BCUT2D eigenvalue weighted by molar-refractivity contribution is 6.30. The van der Waals surface area contributed by atoms with Crippen LogP contribution < -0.4 is 5.32 Å². The Hall–Kier alpha value is -0.620. The minimum atomic E-state index is -0.669. The van der Waals surface area contributed by atoms with Crippen LogP contribution in [-0.4, -0.2) is 38.9 Å². The molecule has 1 rings (SSSR count). The third kappa shape index (κ3) is 4.45. The molecule has 0 atom stereocenters. The Bertz CT molecular complexity index is 370. The van der Waals surface area contributed by atoms with Crippen LogP contribution in [0.5, 0.6) is 0 Å². The number of nitrogens with zero attached hydrogens (tertiary/aromatic N) is 1. The molecule has 0 aliphatic rings. The third-order valence-electron chi connectivity index (χ3n) is 3.47. The van der Waals surface area contributed by atoms with Gasteiger partial charge in [-0.3, -0.25) is 0 Å². The van der Waals surface area contributed by atoms with Crippen LogP contribution in [0.2, 0.25) is 5.15 Å². The van der Waals surface area contributed by atoms with E-state index in [1.807, 2.05) is 6.92 Å². The average Bonchev–Trinajstić information content (AvgIpc) is 2.79. The molecule has 0 spiro atoms. The average molecular weight is 290 g/mol. The van der Waals surface area contributed by atoms with Gasteiger partial charge in [-0.05, 0) is 12.8 Å². The highest BCUT2D eigenvalue weighted by atomic mass is 35.5. The van der Waals surface area contributed by atoms with Gasteiger partial charge in [0.15, 0.2) is 5.15 Å². The molecule has 0 amide bonds. The lowest BCUT2D eigenvalue weighted by Crippen LogP contribution is -2.50. The summed E-state index contributed by atoms with van der Waals surface area (Å²) in [6.07, 6.45) is 3.70. The van der Waals surface area contributed by atoms with Crippen LogP contribution in [-0.2, 0) is 13.0 Å². The van der Waals surface area contributed by atoms with Crippen LogP contribution in [0.3, 0.4) is 0 Å². The molecule has 0 aromatic carbocycles. The molecule has 0 aliphatic heterocycles. The van der Waals surface area contributed by atoms with Crippen LogP contribution >= 0.6 is 11.6 Å². The zero-order valence-electron chi connectivity index (χ0n) is 11.7. The lowest BCUT2D eigenvalue weighted by atomic mass is 9.98. The lowest BCUT2D eigenvalue weighted by Gasteiger charge is -2.29. The van der Waals surface area contributed by atoms with E-state index in [-0.39, 0.29) is 13.2 Å². The number of nitrogens with one attached hydrogen (secondary N) is 2. The number of hydrogen-bond donors (Lipinski definition) is 4. The van der Waals surface area contributed by atoms with Crippen LogP contribution in [0.15, 0.2) is 0 Å². The van der Waals surface area contributed by atoms with Gasteiger partial charge < -0.3 is 20.5 Å². The second-order valence-corrected chi connectivity index (χ2v) is 5.22. The van der Waals surface area contributed by atoms with Gasteiger partial charge in [0.2, 0.25) is 0 Å². The molecule has 0 aliphatic carbocycles. The number of aliphatic hydroxyl groups is 2. The summed E-state index contributed by atoms with van der Waals surface area (Å²) in [4.78, 5) is 7.46. The summed E-state index contributed by atoms with van der Waals surface area (Å²) < 4.78 is 0. The molecular formula is C13H24ClN3O2. The van der Waals surface area contributed by atoms with Gasteiger partial charge in [0.05, 0.1) is 24.4 Å². The summed E-state index contributed by atoms with van der Waals surface area (Å²) in [6, 6.07) is 0. The summed E-state index contributed by atoms with van der Waals surface area (Å²) in [6.45, 7) is 4.27. The van der Waals surface area contributed by atoms with Gasteiger partial charge in [-0.15, -0.1) is 0 Å². The Morgan fingerprint density at radius 2 is 2.00 bits per heavy atom. The van der Waals surface area contributed by atoms with Crippen LogP contribution in [0.1, 0.15) is 44.6 Å². The van der Waals surface area contributed by atoms with E-state index in [0.29, 0.717) is 18.1 Å². The van der Waals surface area contributed by atoms with Gasteiger partial charge in [0.25, 0.3) is 0 Å². The summed E-state index contributed by atoms with van der Waals surface area (Å²) in [5, 5.41) is 22.3. The van der Waals surface area contributed by atoms with Gasteiger partial charge in [-0.1, -0.05) is 31.9 Å². The molecule has 19 heavy (non-hydrogen) atoms. The van der Waals surface area contributed by atoms with E-state index < -0.39 is 5.54 Å². The Kier molecular flexibility index (Phi) is 6.79. The first-order valence-corrected chi connectivity index (χ1v) is 7.18. The molecular weight excluding hydrogens is 266 g/mol. The third-order valence-corrected chi connectivity index (χ3v) is 3.78. The minimum Gasteiger partial charge on any atom is -0.394 e. The Morgan fingerprint density at radius 3 is 2.53 bits per heavy atom. The molecule has 1 heterocycles. The molecule has 0 fully saturated rings. The van der Waals surface area contributed by atoms with Gasteiger partial charge in [0, 0.05) is 13.0 Å². The highest BCUT2D eigenvalue weighted by Gasteiger charge is 2.26. The maximum atomic E-state index is 9.36. The van der Waals surface area contributed by atoms with Crippen LogP contribution in [0, 0.1) is 0 Å². The number of aryl methyl sites for hydroxylation is 1. The Labute approximate surface area is 119 Å². The van der Waals surface area contributed by atoms with Crippen molar-refractivity contribution in [3.63, 3.8) is 0 Å². The van der Waals surface area contributed by atoms with E-state index in [1.54, 1.807) is 0 Å². The second-order valence-electron chi connectivity index (χ2n) is 4.86. The van der Waals surface area contributed by atoms with Crippen molar-refractivity contribution >= 4 is 11.6 Å². The van der Waals surface area contributed by atoms with Gasteiger partial charge in [-0.2, -0.15) is 0 Å². The van der Waals surface area contributed by atoms with E-state index in [9.17, 15) is 10.2 Å². The number of aliphatic hydroxyl groups excluding tert-OH is 2. The normalized spacial score (nSPS) is 12.1. The molecule has 0 radical (unpaired) electrons. The fraction of sp³-hybridized carbons (Fsp3) is 0.769. The predicted octanol–water partition coefficient (Wildman–Crippen LogP) is 1.63. The van der Waals surface area contributed by atoms with Crippen molar-refractivity contribution in [2.24, 2.45) is 0 Å². The maximum Gasteiger partial charge on any atom is 0.151 e. The van der Waals surface area contributed by atoms with Crippen LogP contribution in [0.4, 0.5) is 0 Å². The fourth-order valence-electron chi connectivity index (χ4n) is 1.81. The minimum absolute atomic E-state index is 0.117. The molecule has 0 unspecified atom stereocenters. The van der Waals surface area contributed by atoms with Crippen molar-refractivity contribution < 1.29 is 10.2 Å². The van der Waals surface area contributed by atoms with Crippen LogP contribution in [0.25, 0.3) is 0 Å². The van der Waals surface area contributed by atoms with E-state index in [1.165, 1.54) is 0 Å². The zero-order chi connectivity index (χ0) is 14.3. The number of rotatable bonds is 9. The first-order valence-electron chi connectivity index (χ1n) is 6.80. The van der Waals surface area contributed by atoms with Crippen molar-refractivity contribution in [1.29, 1.82) is 0 Å². The van der Waals surface area contributed by atoms with Gasteiger partial charge in [-0.25, -0.2) is 4.98 Å². The number of aromatic amines is 1. The standard InChI is InChI=1S/C13H24ClN3O2/c1-3-5-6-11-16-10(12(14)17-11)7-15-13(4-2,8-18)9-19/h15,18-19H,3-9H2,1-2H3,(H,16,17). The van der Waals surface area contributed by atoms with Crippen molar-refractivity contribution in [3.8, 4) is 0 Å². The summed E-state index contributed by atoms with van der Waals surface area (Å²) >= 11 is 6.07. The predicted molar refractivity (Wildman–Crippen MR) is 76.2 cm³/mol. The SMILES string of the molecule is CCCCc1nc(Cl)c(CNC(CC)(CO)CO)[nH]1. The van der Waals surface area contributed by atoms with Gasteiger partial charge >= 0.3 is 0 Å². The van der Waals surface area contributed by atoms with Crippen molar-refractivity contribution in [3.05, 3.63) is 16.7 Å². The van der Waals surface area contributed by atoms with Crippen molar-refractivity contribution in [1.82, 2.24) is 15.3 Å². The molecule has 0 saturated heterocycles. The Morgan fingerprint density at radius 1 is 1.32 bits per heavy atom. The number of hydrogen-bond acceptors (Lipinski definition) is 4. The van der Waals surface area contributed by atoms with E-state index in [2.05, 4.69) is 22.2 Å². The molecule has 5 nitrogen and oxygen atoms in total. The van der Waals surface area contributed by atoms with Gasteiger partial charge in [0.1, 0.15) is 5.82 Å². The smallest absolute Gasteiger partial charge is 0.151 e. The molecule has 4 N–H and O–H groups in total. The molecule has 1 aromatic heterocycles. The number of halogens is 1. The summed E-state index contributed by atoms with van der Waals surface area (Å²) in [7, 11) is 0. The number of imidazole rings is 1. The number of aromatic nitrogens is 2. The quantitative estimate of drug-likeness (QED) is 0.557. The first-order chi connectivity index (χ1) is 9.10. The first kappa shape index (κ1) is 16.4. The number of H-pyrrole nitrogens is 1. The summed E-state index contributed by atoms with van der Waals surface area (Å²) in [5.41, 5.74) is 0.130. The zero-order valence-corrected chi connectivity index (χ0v) is 12.4. The molecule has 110 valence electrons. The Balaban J connectivity index is 2.64. The number of unbranched alkanes of at least 4 members (excludes halogenated alkanes) is 1. The second kappa shape index (κ2) is 7.85. The molecule has 0 bridgehead atoms. The van der Waals surface area contributed by atoms with E-state index in [4.69, 9.17) is 11.6 Å². The fourth-order valence-corrected chi connectivity index (χ4v) is 2.02. The largest absolute Gasteiger partial charge is 0.394 e. The molecule has 6 heteroatoms. The van der Waals surface area contributed by atoms with Crippen molar-refractivity contribution in [2.45, 2.75) is 51.6 Å². The molecule has 0 saturated carbocycles. The highest BCUT2D eigenvalue weighted by Crippen LogP contribution is 2.16. The van der Waals surface area contributed by atoms with Crippen molar-refractivity contribution in [2.75, 3.05) is 13.2 Å². The summed E-state index contributed by atoms with van der Waals surface area (Å²) in [5.74, 6) is 0.888. The van der Waals surface area contributed by atoms with E-state index >= 15 is 0 Å². The monoisotopic (exact) mass is 289 g/mol. The topological polar surface area (TPSA) is 81.2 Å².